The van der Waals surface area contributed by atoms with E-state index >= 15 is 0 Å². The van der Waals surface area contributed by atoms with E-state index in [2.05, 4.69) is 4.98 Å². The summed E-state index contributed by atoms with van der Waals surface area (Å²) in [6.07, 6.45) is 5.90. The Hall–Kier alpha value is -1.42. The molecule has 1 aliphatic rings. The van der Waals surface area contributed by atoms with Gasteiger partial charge in [-0.05, 0) is 50.3 Å². The van der Waals surface area contributed by atoms with E-state index in [4.69, 9.17) is 5.73 Å². The average molecular weight is 261 g/mol. The van der Waals surface area contributed by atoms with E-state index in [-0.39, 0.29) is 11.8 Å². The largest absolute Gasteiger partial charge is 0.340 e. The smallest absolute Gasteiger partial charge is 0.225 e. The van der Waals surface area contributed by atoms with Crippen molar-refractivity contribution < 1.29 is 4.79 Å². The molecule has 1 aromatic rings. The van der Waals surface area contributed by atoms with Gasteiger partial charge in [0.05, 0.1) is 12.2 Å². The van der Waals surface area contributed by atoms with Crippen LogP contribution < -0.4 is 5.73 Å². The Labute approximate surface area is 115 Å². The Balaban J connectivity index is 1.86. The molecule has 4 heteroatoms. The monoisotopic (exact) mass is 261 g/mol. The standard InChI is InChI=1S/C15H23N3O/c1-18(11-14-4-2-3-9-17-14)15(19)13-7-5-12(10-16)6-8-13/h2-4,9,12-13H,5-8,10-11,16H2,1H3. The van der Waals surface area contributed by atoms with Gasteiger partial charge in [0.15, 0.2) is 0 Å². The molecule has 0 spiro atoms. The van der Waals surface area contributed by atoms with Crippen molar-refractivity contribution in [3.05, 3.63) is 30.1 Å². The number of nitrogens with two attached hydrogens (primary N) is 1. The van der Waals surface area contributed by atoms with E-state index in [9.17, 15) is 4.79 Å². The molecule has 1 aliphatic carbocycles. The Morgan fingerprint density at radius 3 is 2.68 bits per heavy atom. The van der Waals surface area contributed by atoms with Gasteiger partial charge in [-0.3, -0.25) is 9.78 Å². The van der Waals surface area contributed by atoms with Gasteiger partial charge in [0.25, 0.3) is 0 Å². The van der Waals surface area contributed by atoms with Gasteiger partial charge in [-0.2, -0.15) is 0 Å². The zero-order valence-electron chi connectivity index (χ0n) is 11.6. The number of amides is 1. The third kappa shape index (κ3) is 3.77. The Kier molecular flexibility index (Phi) is 4.91. The summed E-state index contributed by atoms with van der Waals surface area (Å²) in [4.78, 5) is 18.4. The maximum Gasteiger partial charge on any atom is 0.225 e. The van der Waals surface area contributed by atoms with E-state index in [0.717, 1.165) is 37.9 Å². The molecule has 0 aromatic carbocycles. The van der Waals surface area contributed by atoms with Crippen LogP contribution in [-0.4, -0.2) is 29.4 Å². The fourth-order valence-electron chi connectivity index (χ4n) is 2.77. The molecule has 2 rings (SSSR count). The first-order valence-electron chi connectivity index (χ1n) is 7.05. The van der Waals surface area contributed by atoms with Gasteiger partial charge in [-0.25, -0.2) is 0 Å². The van der Waals surface area contributed by atoms with Crippen LogP contribution in [0.25, 0.3) is 0 Å². The van der Waals surface area contributed by atoms with Gasteiger partial charge in [-0.1, -0.05) is 6.07 Å². The van der Waals surface area contributed by atoms with E-state index in [1.807, 2.05) is 25.2 Å². The number of hydrogen-bond acceptors (Lipinski definition) is 3. The lowest BCUT2D eigenvalue weighted by atomic mass is 9.81. The normalized spacial score (nSPS) is 23.1. The zero-order valence-corrected chi connectivity index (χ0v) is 11.6. The van der Waals surface area contributed by atoms with Gasteiger partial charge >= 0.3 is 0 Å². The summed E-state index contributed by atoms with van der Waals surface area (Å²) in [5.74, 6) is 1.04. The first-order chi connectivity index (χ1) is 9.20. The lowest BCUT2D eigenvalue weighted by molar-refractivity contribution is -0.136. The zero-order chi connectivity index (χ0) is 13.7. The molecule has 1 saturated carbocycles. The van der Waals surface area contributed by atoms with Crippen molar-refractivity contribution in [3.8, 4) is 0 Å². The van der Waals surface area contributed by atoms with Crippen LogP contribution in [-0.2, 0) is 11.3 Å². The van der Waals surface area contributed by atoms with Crippen molar-refractivity contribution >= 4 is 5.91 Å². The second-order valence-corrected chi connectivity index (χ2v) is 5.47. The molecule has 1 heterocycles. The summed E-state index contributed by atoms with van der Waals surface area (Å²) in [5, 5.41) is 0. The van der Waals surface area contributed by atoms with Gasteiger partial charge in [0.2, 0.25) is 5.91 Å². The Morgan fingerprint density at radius 2 is 2.11 bits per heavy atom. The van der Waals surface area contributed by atoms with Crippen molar-refractivity contribution in [1.82, 2.24) is 9.88 Å². The minimum atomic E-state index is 0.177. The summed E-state index contributed by atoms with van der Waals surface area (Å²) in [5.41, 5.74) is 6.62. The SMILES string of the molecule is CN(Cc1ccccn1)C(=O)C1CCC(CN)CC1. The van der Waals surface area contributed by atoms with Crippen molar-refractivity contribution in [1.29, 1.82) is 0 Å². The van der Waals surface area contributed by atoms with Crippen LogP contribution in [0, 0.1) is 11.8 Å². The molecule has 19 heavy (non-hydrogen) atoms. The van der Waals surface area contributed by atoms with E-state index in [1.54, 1.807) is 11.1 Å². The highest BCUT2D eigenvalue weighted by molar-refractivity contribution is 5.78. The summed E-state index contributed by atoms with van der Waals surface area (Å²) >= 11 is 0. The van der Waals surface area contributed by atoms with Gasteiger partial charge < -0.3 is 10.6 Å². The fourth-order valence-corrected chi connectivity index (χ4v) is 2.77. The molecular formula is C15H23N3O. The quantitative estimate of drug-likeness (QED) is 0.899. The van der Waals surface area contributed by atoms with E-state index < -0.39 is 0 Å². The molecule has 0 bridgehead atoms. The van der Waals surface area contributed by atoms with Crippen LogP contribution in [0.1, 0.15) is 31.4 Å². The summed E-state index contributed by atoms with van der Waals surface area (Å²) in [6.45, 7) is 1.35. The topological polar surface area (TPSA) is 59.2 Å². The third-order valence-corrected chi connectivity index (χ3v) is 4.03. The van der Waals surface area contributed by atoms with Crippen molar-refractivity contribution in [2.75, 3.05) is 13.6 Å². The summed E-state index contributed by atoms with van der Waals surface area (Å²) < 4.78 is 0. The van der Waals surface area contributed by atoms with Crippen LogP contribution >= 0.6 is 0 Å². The highest BCUT2D eigenvalue weighted by Crippen LogP contribution is 2.29. The molecule has 2 N–H and O–H groups in total. The molecule has 0 radical (unpaired) electrons. The van der Waals surface area contributed by atoms with E-state index in [1.165, 1.54) is 0 Å². The van der Waals surface area contributed by atoms with Crippen molar-refractivity contribution in [2.45, 2.75) is 32.2 Å². The highest BCUT2D eigenvalue weighted by atomic mass is 16.2. The second-order valence-electron chi connectivity index (χ2n) is 5.47. The highest BCUT2D eigenvalue weighted by Gasteiger charge is 2.27. The fraction of sp³-hybridized carbons (Fsp3) is 0.600. The number of nitrogens with zero attached hydrogens (tertiary/aromatic N) is 2. The number of carbonyl (C=O) groups is 1. The third-order valence-electron chi connectivity index (χ3n) is 4.03. The Bertz CT molecular complexity index is 399. The number of aromatic nitrogens is 1. The van der Waals surface area contributed by atoms with Crippen LogP contribution in [0.15, 0.2) is 24.4 Å². The van der Waals surface area contributed by atoms with E-state index in [0.29, 0.717) is 12.5 Å². The van der Waals surface area contributed by atoms with Gasteiger partial charge in [0.1, 0.15) is 0 Å². The predicted molar refractivity (Wildman–Crippen MR) is 75.2 cm³/mol. The molecule has 0 atom stereocenters. The predicted octanol–water partition coefficient (Wildman–Crippen LogP) is 1.81. The molecular weight excluding hydrogens is 238 g/mol. The van der Waals surface area contributed by atoms with Crippen molar-refractivity contribution in [3.63, 3.8) is 0 Å². The molecule has 0 saturated heterocycles. The van der Waals surface area contributed by atoms with Crippen LogP contribution in [0.4, 0.5) is 0 Å². The number of carbonyl (C=O) groups excluding carboxylic acids is 1. The number of hydrogen-bond donors (Lipinski definition) is 1. The molecule has 0 aliphatic heterocycles. The summed E-state index contributed by atoms with van der Waals surface area (Å²) in [7, 11) is 1.87. The molecule has 104 valence electrons. The molecule has 1 amide bonds. The minimum absolute atomic E-state index is 0.177. The number of pyridine rings is 1. The average Bonchev–Trinajstić information content (AvgIpc) is 2.47. The number of rotatable bonds is 4. The lowest BCUT2D eigenvalue weighted by Crippen LogP contribution is -2.35. The molecule has 4 nitrogen and oxygen atoms in total. The maximum atomic E-state index is 12.4. The van der Waals surface area contributed by atoms with Crippen LogP contribution in [0.2, 0.25) is 0 Å². The second kappa shape index (κ2) is 6.66. The molecule has 1 fully saturated rings. The first-order valence-corrected chi connectivity index (χ1v) is 7.05. The van der Waals surface area contributed by atoms with Gasteiger partial charge in [0, 0.05) is 19.2 Å². The molecule has 0 unspecified atom stereocenters. The molecule has 1 aromatic heterocycles. The maximum absolute atomic E-state index is 12.4. The van der Waals surface area contributed by atoms with Gasteiger partial charge in [-0.15, -0.1) is 0 Å². The van der Waals surface area contributed by atoms with Crippen LogP contribution in [0.3, 0.4) is 0 Å². The minimum Gasteiger partial charge on any atom is -0.340 e. The lowest BCUT2D eigenvalue weighted by Gasteiger charge is -2.29. The summed E-state index contributed by atoms with van der Waals surface area (Å²) in [6, 6.07) is 5.79. The first kappa shape index (κ1) is 14.0. The Morgan fingerprint density at radius 1 is 1.37 bits per heavy atom. The van der Waals surface area contributed by atoms with Crippen molar-refractivity contribution in [2.24, 2.45) is 17.6 Å². The van der Waals surface area contributed by atoms with Crippen LogP contribution in [0.5, 0.6) is 0 Å².